The van der Waals surface area contributed by atoms with Gasteiger partial charge in [0.15, 0.2) is 5.12 Å². The first-order chi connectivity index (χ1) is 17.7. The predicted octanol–water partition coefficient (Wildman–Crippen LogP) is 8.56. The SMILES string of the molecule is CC(C)CCC(C)(C)C(=O)SCCCCCCCOc1cc2oc(=O)c(-c3cccc(Cl)c3)cc2cn1. The number of carbonyl (C=O) groups excluding carboxylic acids is 1. The van der Waals surface area contributed by atoms with Gasteiger partial charge in [-0.05, 0) is 48.9 Å². The van der Waals surface area contributed by atoms with E-state index in [4.69, 9.17) is 20.8 Å². The molecule has 0 bridgehead atoms. The summed E-state index contributed by atoms with van der Waals surface area (Å²) in [5.41, 5.74) is 0.942. The summed E-state index contributed by atoms with van der Waals surface area (Å²) >= 11 is 7.55. The summed E-state index contributed by atoms with van der Waals surface area (Å²) in [6, 6.07) is 10.5. The van der Waals surface area contributed by atoms with Crippen molar-refractivity contribution in [3.8, 4) is 17.0 Å². The molecule has 0 unspecified atom stereocenters. The molecule has 0 fully saturated rings. The van der Waals surface area contributed by atoms with Gasteiger partial charge in [0.25, 0.3) is 0 Å². The average Bonchev–Trinajstić information content (AvgIpc) is 2.85. The third-order valence-electron chi connectivity index (χ3n) is 6.40. The number of unbranched alkanes of at least 4 members (excludes halogenated alkanes) is 4. The van der Waals surface area contributed by atoms with Gasteiger partial charge < -0.3 is 9.15 Å². The van der Waals surface area contributed by atoms with Crippen molar-refractivity contribution < 1.29 is 13.9 Å². The number of aromatic nitrogens is 1. The maximum atomic E-state index is 12.5. The smallest absolute Gasteiger partial charge is 0.344 e. The monoisotopic (exact) mass is 543 g/mol. The highest BCUT2D eigenvalue weighted by molar-refractivity contribution is 8.13. The minimum Gasteiger partial charge on any atom is -0.478 e. The van der Waals surface area contributed by atoms with E-state index in [2.05, 4.69) is 32.7 Å². The van der Waals surface area contributed by atoms with Gasteiger partial charge in [-0.3, -0.25) is 4.79 Å². The van der Waals surface area contributed by atoms with E-state index < -0.39 is 5.63 Å². The standard InChI is InChI=1S/C30H38ClNO4S/c1-21(2)13-14-30(3,4)29(34)37-16-9-7-5-6-8-15-35-27-19-26-23(20-32-27)18-25(28(33)36-26)22-11-10-12-24(31)17-22/h10-12,17-21H,5-9,13-16H2,1-4H3. The Morgan fingerprint density at radius 3 is 2.62 bits per heavy atom. The Morgan fingerprint density at radius 2 is 1.86 bits per heavy atom. The van der Waals surface area contributed by atoms with Crippen molar-refractivity contribution in [2.24, 2.45) is 11.3 Å². The molecule has 0 N–H and O–H groups in total. The van der Waals surface area contributed by atoms with Crippen LogP contribution in [0.15, 0.2) is 51.8 Å². The van der Waals surface area contributed by atoms with E-state index >= 15 is 0 Å². The Balaban J connectivity index is 1.36. The number of benzene rings is 1. The minimum atomic E-state index is -0.425. The summed E-state index contributed by atoms with van der Waals surface area (Å²) in [5, 5.41) is 1.60. The fraction of sp³-hybridized carbons (Fsp3) is 0.500. The lowest BCUT2D eigenvalue weighted by molar-refractivity contribution is -0.118. The number of nitrogens with zero attached hydrogens (tertiary/aromatic N) is 1. The molecular formula is C30H38ClNO4S. The highest BCUT2D eigenvalue weighted by atomic mass is 35.5. The second-order valence-electron chi connectivity index (χ2n) is 10.6. The highest BCUT2D eigenvalue weighted by Crippen LogP contribution is 2.31. The van der Waals surface area contributed by atoms with Crippen molar-refractivity contribution in [1.29, 1.82) is 0 Å². The van der Waals surface area contributed by atoms with E-state index in [9.17, 15) is 9.59 Å². The summed E-state index contributed by atoms with van der Waals surface area (Å²) in [5.74, 6) is 1.97. The van der Waals surface area contributed by atoms with Crippen LogP contribution in [0, 0.1) is 11.3 Å². The van der Waals surface area contributed by atoms with Gasteiger partial charge in [-0.25, -0.2) is 9.78 Å². The first-order valence-electron chi connectivity index (χ1n) is 13.2. The van der Waals surface area contributed by atoms with Crippen LogP contribution in [0.1, 0.15) is 72.6 Å². The van der Waals surface area contributed by atoms with E-state index in [1.165, 1.54) is 11.8 Å². The van der Waals surface area contributed by atoms with Crippen molar-refractivity contribution in [2.75, 3.05) is 12.4 Å². The fourth-order valence-corrected chi connectivity index (χ4v) is 5.17. The van der Waals surface area contributed by atoms with Crippen LogP contribution < -0.4 is 10.4 Å². The molecule has 0 spiro atoms. The Morgan fingerprint density at radius 1 is 1.11 bits per heavy atom. The van der Waals surface area contributed by atoms with Crippen LogP contribution >= 0.6 is 23.4 Å². The van der Waals surface area contributed by atoms with Gasteiger partial charge in [-0.15, -0.1) is 0 Å². The van der Waals surface area contributed by atoms with Crippen molar-refractivity contribution in [2.45, 2.75) is 72.6 Å². The van der Waals surface area contributed by atoms with Crippen LogP contribution in [0.2, 0.25) is 5.02 Å². The van der Waals surface area contributed by atoms with E-state index in [0.29, 0.717) is 45.3 Å². The molecule has 200 valence electrons. The summed E-state index contributed by atoms with van der Waals surface area (Å²) in [6.45, 7) is 9.10. The Labute approximate surface area is 229 Å². The summed E-state index contributed by atoms with van der Waals surface area (Å²) in [4.78, 5) is 29.4. The Hall–Kier alpha value is -2.31. The van der Waals surface area contributed by atoms with Crippen LogP contribution in [-0.4, -0.2) is 22.5 Å². The summed E-state index contributed by atoms with van der Waals surface area (Å²) in [7, 11) is 0. The molecule has 3 rings (SSSR count). The Bertz CT molecular complexity index is 1240. The lowest BCUT2D eigenvalue weighted by Gasteiger charge is -2.23. The van der Waals surface area contributed by atoms with Crippen LogP contribution in [-0.2, 0) is 4.79 Å². The molecule has 0 radical (unpaired) electrons. The summed E-state index contributed by atoms with van der Waals surface area (Å²) < 4.78 is 11.3. The molecule has 1 aromatic carbocycles. The molecular weight excluding hydrogens is 506 g/mol. The van der Waals surface area contributed by atoms with Crippen LogP contribution in [0.25, 0.3) is 22.1 Å². The molecule has 2 aromatic heterocycles. The van der Waals surface area contributed by atoms with Gasteiger partial charge in [0.05, 0.1) is 12.2 Å². The maximum absolute atomic E-state index is 12.5. The molecule has 2 heterocycles. The van der Waals surface area contributed by atoms with Crippen molar-refractivity contribution in [1.82, 2.24) is 4.98 Å². The number of halogens is 1. The molecule has 0 aliphatic rings. The van der Waals surface area contributed by atoms with Crippen LogP contribution in [0.3, 0.4) is 0 Å². The number of ether oxygens (including phenoxy) is 1. The number of carbonyl (C=O) groups is 1. The number of pyridine rings is 1. The maximum Gasteiger partial charge on any atom is 0.344 e. The van der Waals surface area contributed by atoms with E-state index in [0.717, 1.165) is 56.1 Å². The molecule has 3 aromatic rings. The topological polar surface area (TPSA) is 69.4 Å². The molecule has 7 heteroatoms. The normalized spacial score (nSPS) is 11.8. The quantitative estimate of drug-likeness (QED) is 0.190. The number of rotatable bonds is 14. The van der Waals surface area contributed by atoms with Gasteiger partial charge in [-0.1, -0.05) is 88.9 Å². The lowest BCUT2D eigenvalue weighted by atomic mass is 9.87. The van der Waals surface area contributed by atoms with E-state index in [1.54, 1.807) is 36.5 Å². The molecule has 0 aliphatic carbocycles. The average molecular weight is 544 g/mol. The summed E-state index contributed by atoms with van der Waals surface area (Å²) in [6.07, 6.45) is 8.97. The largest absolute Gasteiger partial charge is 0.478 e. The zero-order valence-corrected chi connectivity index (χ0v) is 23.9. The minimum absolute atomic E-state index is 0.232. The van der Waals surface area contributed by atoms with Crippen molar-refractivity contribution >= 4 is 39.4 Å². The van der Waals surface area contributed by atoms with Gasteiger partial charge in [0, 0.05) is 33.8 Å². The molecule has 0 aliphatic heterocycles. The second kappa shape index (κ2) is 14.0. The van der Waals surface area contributed by atoms with Gasteiger partial charge in [0.1, 0.15) is 5.58 Å². The van der Waals surface area contributed by atoms with Gasteiger partial charge in [-0.2, -0.15) is 0 Å². The third kappa shape index (κ3) is 9.19. The van der Waals surface area contributed by atoms with Crippen molar-refractivity contribution in [3.05, 3.63) is 58.0 Å². The zero-order chi connectivity index (χ0) is 26.8. The number of hydrogen-bond acceptors (Lipinski definition) is 6. The first-order valence-corrected chi connectivity index (χ1v) is 14.5. The number of thioether (sulfide) groups is 1. The van der Waals surface area contributed by atoms with E-state index in [-0.39, 0.29) is 5.41 Å². The van der Waals surface area contributed by atoms with Crippen LogP contribution in [0.4, 0.5) is 0 Å². The molecule has 0 saturated carbocycles. The third-order valence-corrected chi connectivity index (χ3v) is 7.94. The molecule has 0 atom stereocenters. The van der Waals surface area contributed by atoms with Gasteiger partial charge in [0.2, 0.25) is 5.88 Å². The molecule has 37 heavy (non-hydrogen) atoms. The lowest BCUT2D eigenvalue weighted by Crippen LogP contribution is -2.22. The zero-order valence-electron chi connectivity index (χ0n) is 22.3. The molecule has 5 nitrogen and oxygen atoms in total. The van der Waals surface area contributed by atoms with Crippen molar-refractivity contribution in [3.63, 3.8) is 0 Å². The van der Waals surface area contributed by atoms with Crippen LogP contribution in [0.5, 0.6) is 5.88 Å². The first kappa shape index (κ1) is 29.2. The Kier molecular flexibility index (Phi) is 11.1. The van der Waals surface area contributed by atoms with E-state index in [1.807, 2.05) is 6.07 Å². The number of fused-ring (bicyclic) bond motifs is 1. The second-order valence-corrected chi connectivity index (χ2v) is 12.1. The molecule has 0 saturated heterocycles. The fourth-order valence-electron chi connectivity index (χ4n) is 3.95. The molecule has 0 amide bonds. The predicted molar refractivity (Wildman–Crippen MR) is 155 cm³/mol. The van der Waals surface area contributed by atoms with Gasteiger partial charge >= 0.3 is 5.63 Å². The number of hydrogen-bond donors (Lipinski definition) is 0. The highest BCUT2D eigenvalue weighted by Gasteiger charge is 2.27.